The van der Waals surface area contributed by atoms with Crippen LogP contribution in [0.15, 0.2) is 77.7 Å². The molecular formula is C22H19FO4S. The average molecular weight is 398 g/mol. The highest BCUT2D eigenvalue weighted by atomic mass is 32.2. The van der Waals surface area contributed by atoms with Crippen molar-refractivity contribution in [3.8, 4) is 11.1 Å². The van der Waals surface area contributed by atoms with Gasteiger partial charge < -0.3 is 5.11 Å². The van der Waals surface area contributed by atoms with Gasteiger partial charge in [0.05, 0.1) is 4.90 Å². The van der Waals surface area contributed by atoms with E-state index in [2.05, 4.69) is 0 Å². The van der Waals surface area contributed by atoms with Crippen LogP contribution in [0.25, 0.3) is 11.1 Å². The van der Waals surface area contributed by atoms with Crippen LogP contribution in [-0.4, -0.2) is 19.5 Å². The Morgan fingerprint density at radius 3 is 2.11 bits per heavy atom. The zero-order chi connectivity index (χ0) is 20.5. The van der Waals surface area contributed by atoms with Gasteiger partial charge in [-0.05, 0) is 43.2 Å². The topological polar surface area (TPSA) is 71.4 Å². The average Bonchev–Trinajstić information content (AvgIpc) is 2.68. The number of benzene rings is 3. The summed E-state index contributed by atoms with van der Waals surface area (Å²) in [5.41, 5.74) is 1.58. The Bertz CT molecular complexity index is 1120. The molecule has 0 saturated carbocycles. The second-order valence-electron chi connectivity index (χ2n) is 6.72. The summed E-state index contributed by atoms with van der Waals surface area (Å²) in [5.74, 6) is -2.25. The van der Waals surface area contributed by atoms with Gasteiger partial charge >= 0.3 is 5.97 Å². The summed E-state index contributed by atoms with van der Waals surface area (Å²) in [5, 5.41) is 9.81. The molecule has 0 heterocycles. The Labute approximate surface area is 163 Å². The first-order valence-electron chi connectivity index (χ1n) is 8.58. The summed E-state index contributed by atoms with van der Waals surface area (Å²) in [6, 6.07) is 18.4. The second-order valence-corrected chi connectivity index (χ2v) is 9.01. The number of hydrogen-bond donors (Lipinski definition) is 1. The van der Waals surface area contributed by atoms with Gasteiger partial charge in [-0.3, -0.25) is 4.79 Å². The number of carbonyl (C=O) groups is 1. The van der Waals surface area contributed by atoms with E-state index in [1.54, 1.807) is 49.4 Å². The van der Waals surface area contributed by atoms with Crippen molar-refractivity contribution in [3.05, 3.63) is 89.7 Å². The highest BCUT2D eigenvalue weighted by Gasteiger charge is 2.49. The minimum Gasteiger partial charge on any atom is -0.480 e. The van der Waals surface area contributed by atoms with Gasteiger partial charge in [0.25, 0.3) is 0 Å². The number of aryl methyl sites for hydroxylation is 1. The highest BCUT2D eigenvalue weighted by Crippen LogP contribution is 2.37. The fourth-order valence-electron chi connectivity index (χ4n) is 3.01. The first kappa shape index (κ1) is 19.8. The molecule has 3 rings (SSSR count). The van der Waals surface area contributed by atoms with Gasteiger partial charge in [0.2, 0.25) is 0 Å². The molecule has 0 spiro atoms. The summed E-state index contributed by atoms with van der Waals surface area (Å²) in [7, 11) is -4.33. The van der Waals surface area contributed by atoms with Crippen molar-refractivity contribution in [2.75, 3.05) is 0 Å². The number of aliphatic carboxylic acids is 1. The van der Waals surface area contributed by atoms with Crippen molar-refractivity contribution in [3.63, 3.8) is 0 Å². The van der Waals surface area contributed by atoms with Crippen molar-refractivity contribution >= 4 is 15.8 Å². The van der Waals surface area contributed by atoms with Crippen molar-refractivity contribution in [1.29, 1.82) is 0 Å². The lowest BCUT2D eigenvalue weighted by molar-refractivity contribution is -0.139. The first-order valence-corrected chi connectivity index (χ1v) is 10.1. The molecule has 0 bridgehead atoms. The second kappa shape index (κ2) is 7.20. The van der Waals surface area contributed by atoms with Crippen LogP contribution in [0.3, 0.4) is 0 Å². The summed E-state index contributed by atoms with van der Waals surface area (Å²) in [4.78, 5) is 11.9. The molecule has 4 nitrogen and oxygen atoms in total. The minimum absolute atomic E-state index is 0.129. The molecule has 3 aromatic rings. The zero-order valence-corrected chi connectivity index (χ0v) is 16.2. The van der Waals surface area contributed by atoms with Crippen molar-refractivity contribution in [2.45, 2.75) is 23.5 Å². The molecule has 0 aliphatic rings. The van der Waals surface area contributed by atoms with Crippen molar-refractivity contribution < 1.29 is 22.7 Å². The molecule has 1 N–H and O–H groups in total. The van der Waals surface area contributed by atoms with Gasteiger partial charge in [-0.15, -0.1) is 0 Å². The molecule has 3 aromatic carbocycles. The van der Waals surface area contributed by atoms with Crippen molar-refractivity contribution in [2.24, 2.45) is 0 Å². The number of halogens is 1. The third-order valence-corrected chi connectivity index (χ3v) is 7.26. The van der Waals surface area contributed by atoms with E-state index in [0.29, 0.717) is 5.56 Å². The van der Waals surface area contributed by atoms with Gasteiger partial charge in [0.1, 0.15) is 5.82 Å². The zero-order valence-electron chi connectivity index (χ0n) is 15.4. The summed E-state index contributed by atoms with van der Waals surface area (Å²) >= 11 is 0. The molecule has 28 heavy (non-hydrogen) atoms. The third-order valence-electron chi connectivity index (χ3n) is 4.88. The molecule has 0 aromatic heterocycles. The lowest BCUT2D eigenvalue weighted by Crippen LogP contribution is -2.41. The number of carboxylic acid groups (broad SMARTS) is 1. The van der Waals surface area contributed by atoms with Gasteiger partial charge in [-0.2, -0.15) is 0 Å². The molecule has 0 aliphatic heterocycles. The van der Waals surface area contributed by atoms with E-state index in [1.807, 2.05) is 0 Å². The lowest BCUT2D eigenvalue weighted by atomic mass is 9.96. The molecular weight excluding hydrogens is 379 g/mol. The maximum Gasteiger partial charge on any atom is 0.329 e. The Balaban J connectivity index is 2.16. The van der Waals surface area contributed by atoms with Gasteiger partial charge in [-0.1, -0.05) is 60.2 Å². The van der Waals surface area contributed by atoms with Crippen LogP contribution in [0, 0.1) is 12.7 Å². The first-order chi connectivity index (χ1) is 13.2. The normalized spacial score (nSPS) is 13.7. The van der Waals surface area contributed by atoms with Crippen molar-refractivity contribution in [1.82, 2.24) is 0 Å². The quantitative estimate of drug-likeness (QED) is 0.683. The van der Waals surface area contributed by atoms with Gasteiger partial charge in [0.15, 0.2) is 14.6 Å². The van der Waals surface area contributed by atoms with E-state index in [1.165, 1.54) is 24.3 Å². The van der Waals surface area contributed by atoms with Crippen LogP contribution in [0.2, 0.25) is 0 Å². The van der Waals surface area contributed by atoms with Crippen LogP contribution >= 0.6 is 0 Å². The molecule has 0 radical (unpaired) electrons. The monoisotopic (exact) mass is 398 g/mol. The smallest absolute Gasteiger partial charge is 0.329 e. The number of rotatable bonds is 5. The molecule has 1 unspecified atom stereocenters. The van der Waals surface area contributed by atoms with E-state index in [4.69, 9.17) is 0 Å². The minimum atomic E-state index is -4.33. The molecule has 0 saturated heterocycles. The SMILES string of the molecule is Cc1ccc(S(=O)(=O)C(C)(C(=O)O)c2ccc(-c3ccccc3)c(F)c2)cc1. The standard InChI is InChI=1S/C22H19FO4S/c1-15-8-11-18(12-9-15)28(26,27)22(2,21(24)25)17-10-13-19(20(23)14-17)16-6-4-3-5-7-16/h3-14H,1-2H3,(H,24,25). The molecule has 0 aliphatic carbocycles. The van der Waals surface area contributed by atoms with Crippen LogP contribution in [0.5, 0.6) is 0 Å². The molecule has 0 fully saturated rings. The Kier molecular flexibility index (Phi) is 5.08. The van der Waals surface area contributed by atoms with Crippen LogP contribution in [-0.2, 0) is 19.4 Å². The van der Waals surface area contributed by atoms with Gasteiger partial charge in [0, 0.05) is 5.56 Å². The summed E-state index contributed by atoms with van der Waals surface area (Å²) in [6.45, 7) is 2.88. The maximum absolute atomic E-state index is 14.8. The maximum atomic E-state index is 14.8. The summed E-state index contributed by atoms with van der Waals surface area (Å²) in [6.07, 6.45) is 0. The third kappa shape index (κ3) is 3.20. The molecule has 1 atom stereocenters. The van der Waals surface area contributed by atoms with E-state index in [-0.39, 0.29) is 16.0 Å². The predicted octanol–water partition coefficient (Wildman–Crippen LogP) is 4.57. The number of hydrogen-bond acceptors (Lipinski definition) is 3. The van der Waals surface area contributed by atoms with Crippen LogP contribution < -0.4 is 0 Å². The fourth-order valence-corrected chi connectivity index (χ4v) is 4.64. The van der Waals surface area contributed by atoms with Gasteiger partial charge in [-0.25, -0.2) is 12.8 Å². The Morgan fingerprint density at radius 2 is 1.57 bits per heavy atom. The Morgan fingerprint density at radius 1 is 0.964 bits per heavy atom. The fraction of sp³-hybridized carbons (Fsp3) is 0.136. The predicted molar refractivity (Wildman–Crippen MR) is 105 cm³/mol. The molecule has 6 heteroatoms. The molecule has 0 amide bonds. The lowest BCUT2D eigenvalue weighted by Gasteiger charge is -2.26. The summed E-state index contributed by atoms with van der Waals surface area (Å²) < 4.78 is 38.8. The van der Waals surface area contributed by atoms with E-state index >= 15 is 0 Å². The number of carboxylic acids is 1. The van der Waals surface area contributed by atoms with E-state index in [9.17, 15) is 22.7 Å². The van der Waals surface area contributed by atoms with Crippen LogP contribution in [0.4, 0.5) is 4.39 Å². The number of sulfone groups is 1. The van der Waals surface area contributed by atoms with Crippen LogP contribution in [0.1, 0.15) is 18.1 Å². The largest absolute Gasteiger partial charge is 0.480 e. The van der Waals surface area contributed by atoms with E-state index < -0.39 is 26.4 Å². The highest BCUT2D eigenvalue weighted by molar-refractivity contribution is 7.93. The Hall–Kier alpha value is -2.99. The van der Waals surface area contributed by atoms with E-state index in [0.717, 1.165) is 18.6 Å². The molecule has 144 valence electrons.